The van der Waals surface area contributed by atoms with Crippen LogP contribution in [0.25, 0.3) is 0 Å². The Bertz CT molecular complexity index is 485. The summed E-state index contributed by atoms with van der Waals surface area (Å²) in [7, 11) is 0. The van der Waals surface area contributed by atoms with Gasteiger partial charge in [-0.15, -0.1) is 0 Å². The average molecular weight is 318 g/mol. The number of nitrogens with one attached hydrogen (secondary N) is 1. The molecule has 0 bridgehead atoms. The zero-order chi connectivity index (χ0) is 16.0. The van der Waals surface area contributed by atoms with E-state index in [0.29, 0.717) is 19.4 Å². The van der Waals surface area contributed by atoms with E-state index in [0.717, 1.165) is 25.0 Å². The Morgan fingerprint density at radius 2 is 2.27 bits per heavy atom. The van der Waals surface area contributed by atoms with E-state index in [1.54, 1.807) is 0 Å². The van der Waals surface area contributed by atoms with E-state index in [1.165, 1.54) is 0 Å². The smallest absolute Gasteiger partial charge is 0.417 e. The summed E-state index contributed by atoms with van der Waals surface area (Å²) in [5.74, 6) is -0.148. The SMILES string of the molecule is O=C(NCCOc1ccc(C(F)(F)F)cn1)[C@H]1CCCOC1. The van der Waals surface area contributed by atoms with Crippen LogP contribution >= 0.6 is 0 Å². The third kappa shape index (κ3) is 4.87. The molecule has 0 saturated carbocycles. The number of aromatic nitrogens is 1. The molecule has 1 aliphatic rings. The van der Waals surface area contributed by atoms with Gasteiger partial charge in [-0.3, -0.25) is 4.79 Å². The van der Waals surface area contributed by atoms with Gasteiger partial charge >= 0.3 is 6.18 Å². The third-order valence-corrected chi connectivity index (χ3v) is 3.25. The highest BCUT2D eigenvalue weighted by atomic mass is 19.4. The van der Waals surface area contributed by atoms with Gasteiger partial charge < -0.3 is 14.8 Å². The molecule has 1 amide bonds. The normalized spacial score (nSPS) is 18.8. The van der Waals surface area contributed by atoms with Gasteiger partial charge in [0.15, 0.2) is 0 Å². The molecule has 0 aliphatic carbocycles. The van der Waals surface area contributed by atoms with Gasteiger partial charge in [0.2, 0.25) is 11.8 Å². The van der Waals surface area contributed by atoms with Crippen LogP contribution < -0.4 is 10.1 Å². The molecule has 1 aromatic heterocycles. The minimum atomic E-state index is -4.42. The van der Waals surface area contributed by atoms with Gasteiger partial charge in [0.1, 0.15) is 6.61 Å². The van der Waals surface area contributed by atoms with Crippen LogP contribution in [-0.2, 0) is 15.7 Å². The van der Waals surface area contributed by atoms with E-state index in [2.05, 4.69) is 10.3 Å². The van der Waals surface area contributed by atoms with Crippen molar-refractivity contribution in [1.82, 2.24) is 10.3 Å². The van der Waals surface area contributed by atoms with Gasteiger partial charge in [-0.2, -0.15) is 13.2 Å². The van der Waals surface area contributed by atoms with Gasteiger partial charge in [0.25, 0.3) is 0 Å². The molecule has 0 spiro atoms. The van der Waals surface area contributed by atoms with Crippen molar-refractivity contribution in [3.05, 3.63) is 23.9 Å². The van der Waals surface area contributed by atoms with E-state index < -0.39 is 11.7 Å². The molecule has 1 saturated heterocycles. The first-order valence-corrected chi connectivity index (χ1v) is 6.98. The topological polar surface area (TPSA) is 60.5 Å². The molecule has 1 N–H and O–H groups in total. The van der Waals surface area contributed by atoms with Gasteiger partial charge in [-0.05, 0) is 18.9 Å². The fraction of sp³-hybridized carbons (Fsp3) is 0.571. The fourth-order valence-corrected chi connectivity index (χ4v) is 2.06. The molecule has 1 fully saturated rings. The Hall–Kier alpha value is -1.83. The van der Waals surface area contributed by atoms with Gasteiger partial charge in [0, 0.05) is 18.9 Å². The van der Waals surface area contributed by atoms with Crippen LogP contribution in [0.1, 0.15) is 18.4 Å². The summed E-state index contributed by atoms with van der Waals surface area (Å²) >= 11 is 0. The third-order valence-electron chi connectivity index (χ3n) is 3.25. The Morgan fingerprint density at radius 3 is 2.86 bits per heavy atom. The zero-order valence-corrected chi connectivity index (χ0v) is 11.9. The second kappa shape index (κ2) is 7.44. The quantitative estimate of drug-likeness (QED) is 0.844. The van der Waals surface area contributed by atoms with Crippen LogP contribution in [0.15, 0.2) is 18.3 Å². The van der Waals surface area contributed by atoms with Crippen LogP contribution in [0.4, 0.5) is 13.2 Å². The van der Waals surface area contributed by atoms with Crippen molar-refractivity contribution in [2.75, 3.05) is 26.4 Å². The highest BCUT2D eigenvalue weighted by Gasteiger charge is 2.30. The minimum Gasteiger partial charge on any atom is -0.476 e. The molecule has 0 radical (unpaired) electrons. The minimum absolute atomic E-state index is 0.0863. The van der Waals surface area contributed by atoms with Gasteiger partial charge in [0.05, 0.1) is 24.6 Å². The number of rotatable bonds is 5. The van der Waals surface area contributed by atoms with Gasteiger partial charge in [-0.1, -0.05) is 0 Å². The number of ether oxygens (including phenoxy) is 2. The lowest BCUT2D eigenvalue weighted by atomic mass is 10.0. The molecule has 22 heavy (non-hydrogen) atoms. The highest BCUT2D eigenvalue weighted by molar-refractivity contribution is 5.78. The predicted molar refractivity (Wildman–Crippen MR) is 71.3 cm³/mol. The van der Waals surface area contributed by atoms with Crippen molar-refractivity contribution in [2.24, 2.45) is 5.92 Å². The maximum Gasteiger partial charge on any atom is 0.417 e. The summed E-state index contributed by atoms with van der Waals surface area (Å²) in [6, 6.07) is 2.06. The number of alkyl halides is 3. The first-order chi connectivity index (χ1) is 10.5. The van der Waals surface area contributed by atoms with Crippen molar-refractivity contribution in [3.63, 3.8) is 0 Å². The van der Waals surface area contributed by atoms with E-state index in [1.807, 2.05) is 0 Å². The summed E-state index contributed by atoms with van der Waals surface area (Å²) in [4.78, 5) is 15.4. The number of halogens is 3. The summed E-state index contributed by atoms with van der Waals surface area (Å²) in [6.45, 7) is 1.51. The number of hydrogen-bond acceptors (Lipinski definition) is 4. The first kappa shape index (κ1) is 16.5. The maximum atomic E-state index is 12.4. The Kier molecular flexibility index (Phi) is 5.59. The molecular weight excluding hydrogens is 301 g/mol. The van der Waals surface area contributed by atoms with Crippen molar-refractivity contribution < 1.29 is 27.4 Å². The molecular formula is C14H17F3N2O3. The molecule has 8 heteroatoms. The molecule has 1 atom stereocenters. The van der Waals surface area contributed by atoms with E-state index in [4.69, 9.17) is 9.47 Å². The number of carbonyl (C=O) groups excluding carboxylic acids is 1. The molecule has 2 rings (SSSR count). The lowest BCUT2D eigenvalue weighted by molar-refractivity contribution is -0.137. The van der Waals surface area contributed by atoms with E-state index >= 15 is 0 Å². The van der Waals surface area contributed by atoms with Crippen LogP contribution in [0.3, 0.4) is 0 Å². The van der Waals surface area contributed by atoms with Crippen molar-refractivity contribution in [3.8, 4) is 5.88 Å². The van der Waals surface area contributed by atoms with Crippen molar-refractivity contribution in [2.45, 2.75) is 19.0 Å². The predicted octanol–water partition coefficient (Wildman–Crippen LogP) is 2.02. The maximum absolute atomic E-state index is 12.4. The van der Waals surface area contributed by atoms with Crippen molar-refractivity contribution >= 4 is 5.91 Å². The second-order valence-electron chi connectivity index (χ2n) is 4.94. The molecule has 0 aromatic carbocycles. The van der Waals surface area contributed by atoms with E-state index in [9.17, 15) is 18.0 Å². The second-order valence-corrected chi connectivity index (χ2v) is 4.94. The number of nitrogens with zero attached hydrogens (tertiary/aromatic N) is 1. The van der Waals surface area contributed by atoms with Crippen LogP contribution in [-0.4, -0.2) is 37.3 Å². The Labute approximate surface area is 125 Å². The molecule has 2 heterocycles. The number of amides is 1. The molecule has 1 aliphatic heterocycles. The fourth-order valence-electron chi connectivity index (χ4n) is 2.06. The monoisotopic (exact) mass is 318 g/mol. The van der Waals surface area contributed by atoms with Crippen LogP contribution in [0.2, 0.25) is 0 Å². The molecule has 0 unspecified atom stereocenters. The van der Waals surface area contributed by atoms with Crippen LogP contribution in [0.5, 0.6) is 5.88 Å². The van der Waals surface area contributed by atoms with Crippen LogP contribution in [0, 0.1) is 5.92 Å². The summed E-state index contributed by atoms with van der Waals surface area (Å²) in [6.07, 6.45) is -2.04. The van der Waals surface area contributed by atoms with Gasteiger partial charge in [-0.25, -0.2) is 4.98 Å². The lowest BCUT2D eigenvalue weighted by Crippen LogP contribution is -2.37. The first-order valence-electron chi connectivity index (χ1n) is 6.98. The molecule has 122 valence electrons. The average Bonchev–Trinajstić information content (AvgIpc) is 2.52. The number of hydrogen-bond donors (Lipinski definition) is 1. The molecule has 5 nitrogen and oxygen atoms in total. The van der Waals surface area contributed by atoms with Crippen molar-refractivity contribution in [1.29, 1.82) is 0 Å². The largest absolute Gasteiger partial charge is 0.476 e. The van der Waals surface area contributed by atoms with E-state index in [-0.39, 0.29) is 30.9 Å². The standard InChI is InChI=1S/C14H17F3N2O3/c15-14(16,17)11-3-4-12(19-8-11)22-7-5-18-13(20)10-2-1-6-21-9-10/h3-4,8,10H,1-2,5-7,9H2,(H,18,20)/t10-/m0/s1. The number of carbonyl (C=O) groups is 1. The highest BCUT2D eigenvalue weighted by Crippen LogP contribution is 2.29. The number of pyridine rings is 1. The molecule has 1 aromatic rings. The Balaban J connectivity index is 1.69. The lowest BCUT2D eigenvalue weighted by Gasteiger charge is -2.21. The Morgan fingerprint density at radius 1 is 1.45 bits per heavy atom. The zero-order valence-electron chi connectivity index (χ0n) is 11.9. The summed E-state index contributed by atoms with van der Waals surface area (Å²) < 4.78 is 47.5. The summed E-state index contributed by atoms with van der Waals surface area (Å²) in [5, 5.41) is 2.71. The summed E-state index contributed by atoms with van der Waals surface area (Å²) in [5.41, 5.74) is -0.828.